The fraction of sp³-hybridized carbons (Fsp3) is 0.562. The number of imidazole rings is 1. The molecule has 0 saturated carbocycles. The fourth-order valence-corrected chi connectivity index (χ4v) is 3.75. The molecule has 9 heteroatoms. The predicted octanol–water partition coefficient (Wildman–Crippen LogP) is 2.22. The summed E-state index contributed by atoms with van der Waals surface area (Å²) in [5.41, 5.74) is 0.939. The van der Waals surface area contributed by atoms with Gasteiger partial charge >= 0.3 is 5.97 Å². The number of hydrogen-bond donors (Lipinski definition) is 1. The van der Waals surface area contributed by atoms with Crippen LogP contribution in [0.25, 0.3) is 4.96 Å². The summed E-state index contributed by atoms with van der Waals surface area (Å²) in [5, 5.41) is 5.32. The Balaban J connectivity index is 0.00000225. The second-order valence-electron chi connectivity index (χ2n) is 6.01. The molecule has 25 heavy (non-hydrogen) atoms. The van der Waals surface area contributed by atoms with Crippen LogP contribution in [-0.4, -0.2) is 53.0 Å². The van der Waals surface area contributed by atoms with E-state index >= 15 is 0 Å². The number of carbonyl (C=O) groups is 1. The van der Waals surface area contributed by atoms with Gasteiger partial charge in [0.2, 0.25) is 0 Å². The zero-order chi connectivity index (χ0) is 17.1. The van der Waals surface area contributed by atoms with E-state index in [4.69, 9.17) is 9.73 Å². The van der Waals surface area contributed by atoms with Crippen molar-refractivity contribution < 1.29 is 9.53 Å². The molecule has 2 aromatic heterocycles. The molecule has 0 spiro atoms. The summed E-state index contributed by atoms with van der Waals surface area (Å²) in [5.74, 6) is 0.832. The highest BCUT2D eigenvalue weighted by Gasteiger charge is 2.36. The van der Waals surface area contributed by atoms with Crippen LogP contribution in [0.15, 0.2) is 22.8 Å². The van der Waals surface area contributed by atoms with Crippen LogP contribution in [0.2, 0.25) is 0 Å². The minimum absolute atomic E-state index is 0. The van der Waals surface area contributed by atoms with Gasteiger partial charge in [0.15, 0.2) is 10.9 Å². The van der Waals surface area contributed by atoms with Crippen LogP contribution in [0, 0.1) is 11.8 Å². The van der Waals surface area contributed by atoms with Gasteiger partial charge in [0.1, 0.15) is 0 Å². The van der Waals surface area contributed by atoms with Gasteiger partial charge in [-0.1, -0.05) is 6.92 Å². The minimum atomic E-state index is -0.143. The third-order valence-electron chi connectivity index (χ3n) is 4.28. The van der Waals surface area contributed by atoms with Gasteiger partial charge in [-0.25, -0.2) is 9.98 Å². The number of guanidine groups is 1. The third kappa shape index (κ3) is 4.43. The summed E-state index contributed by atoms with van der Waals surface area (Å²) in [6.45, 7) is 6.85. The Morgan fingerprint density at radius 2 is 2.32 bits per heavy atom. The summed E-state index contributed by atoms with van der Waals surface area (Å²) in [6, 6.07) is 0. The van der Waals surface area contributed by atoms with Gasteiger partial charge in [0, 0.05) is 37.4 Å². The molecule has 1 aliphatic rings. The Bertz CT molecular complexity index is 715. The third-order valence-corrected chi connectivity index (χ3v) is 5.06. The molecule has 2 atom stereocenters. The number of thiazole rings is 1. The van der Waals surface area contributed by atoms with Crippen molar-refractivity contribution in [3.05, 3.63) is 23.5 Å². The molecule has 0 aliphatic carbocycles. The number of nitrogens with zero attached hydrogens (tertiary/aromatic N) is 4. The van der Waals surface area contributed by atoms with Crippen molar-refractivity contribution in [2.45, 2.75) is 20.4 Å². The van der Waals surface area contributed by atoms with E-state index < -0.39 is 0 Å². The fourth-order valence-electron chi connectivity index (χ4n) is 3.03. The van der Waals surface area contributed by atoms with Crippen LogP contribution in [0.5, 0.6) is 0 Å². The molecule has 3 heterocycles. The monoisotopic (exact) mass is 477 g/mol. The van der Waals surface area contributed by atoms with Crippen molar-refractivity contribution in [3.8, 4) is 0 Å². The molecule has 7 nitrogen and oxygen atoms in total. The molecule has 1 N–H and O–H groups in total. The van der Waals surface area contributed by atoms with E-state index in [9.17, 15) is 4.79 Å². The average molecular weight is 477 g/mol. The second kappa shape index (κ2) is 8.84. The lowest BCUT2D eigenvalue weighted by Crippen LogP contribution is -2.40. The van der Waals surface area contributed by atoms with Crippen LogP contribution in [0.3, 0.4) is 0 Å². The highest BCUT2D eigenvalue weighted by Crippen LogP contribution is 2.24. The van der Waals surface area contributed by atoms with Gasteiger partial charge in [0.25, 0.3) is 0 Å². The van der Waals surface area contributed by atoms with Gasteiger partial charge < -0.3 is 15.0 Å². The van der Waals surface area contributed by atoms with Crippen LogP contribution in [-0.2, 0) is 16.1 Å². The van der Waals surface area contributed by atoms with Crippen LogP contribution in [0.4, 0.5) is 0 Å². The van der Waals surface area contributed by atoms with Crippen molar-refractivity contribution in [2.75, 3.05) is 26.7 Å². The smallest absolute Gasteiger partial charge is 0.310 e. The van der Waals surface area contributed by atoms with Crippen LogP contribution in [0.1, 0.15) is 19.5 Å². The minimum Gasteiger partial charge on any atom is -0.469 e. The van der Waals surface area contributed by atoms with Gasteiger partial charge in [-0.05, 0) is 12.8 Å². The number of methoxy groups -OCH3 is 1. The number of rotatable bonds is 4. The van der Waals surface area contributed by atoms with E-state index in [1.165, 1.54) is 7.11 Å². The van der Waals surface area contributed by atoms with Gasteiger partial charge in [0.05, 0.1) is 25.3 Å². The number of esters is 1. The normalized spacial score (nSPS) is 20.6. The quantitative estimate of drug-likeness (QED) is 0.317. The number of nitrogens with one attached hydrogen (secondary N) is 1. The lowest BCUT2D eigenvalue weighted by atomic mass is 9.99. The van der Waals surface area contributed by atoms with Crippen molar-refractivity contribution >= 4 is 52.2 Å². The SMILES string of the molecule is CCNC(=NCc1cn2ccsc2n1)N1CC(C)C(C(=O)OC)C1.I. The Morgan fingerprint density at radius 3 is 3.00 bits per heavy atom. The molecule has 0 aromatic carbocycles. The molecule has 1 aliphatic heterocycles. The van der Waals surface area contributed by atoms with Gasteiger partial charge in [-0.3, -0.25) is 9.20 Å². The maximum Gasteiger partial charge on any atom is 0.310 e. The van der Waals surface area contributed by atoms with Gasteiger partial charge in [-0.15, -0.1) is 35.3 Å². The summed E-state index contributed by atoms with van der Waals surface area (Å²) in [6.07, 6.45) is 4.00. The van der Waals surface area contributed by atoms with Crippen LogP contribution < -0.4 is 5.32 Å². The molecular weight excluding hydrogens is 453 g/mol. The highest BCUT2D eigenvalue weighted by molar-refractivity contribution is 14.0. The first-order valence-corrected chi connectivity index (χ1v) is 9.02. The molecule has 1 fully saturated rings. The predicted molar refractivity (Wildman–Crippen MR) is 110 cm³/mol. The van der Waals surface area contributed by atoms with Crippen molar-refractivity contribution in [1.29, 1.82) is 0 Å². The molecule has 2 aromatic rings. The number of hydrogen-bond acceptors (Lipinski definition) is 5. The molecule has 2 unspecified atom stereocenters. The summed E-state index contributed by atoms with van der Waals surface area (Å²) < 4.78 is 6.92. The first kappa shape index (κ1) is 20.0. The molecule has 0 radical (unpaired) electrons. The number of fused-ring (bicyclic) bond motifs is 1. The maximum atomic E-state index is 11.9. The van der Waals surface area contributed by atoms with Crippen LogP contribution >= 0.6 is 35.3 Å². The Kier molecular flexibility index (Phi) is 7.05. The largest absolute Gasteiger partial charge is 0.469 e. The zero-order valence-corrected chi connectivity index (χ0v) is 17.8. The van der Waals surface area contributed by atoms with E-state index in [2.05, 4.69) is 22.1 Å². The first-order valence-electron chi connectivity index (χ1n) is 8.14. The Hall–Kier alpha value is -1.36. The first-order chi connectivity index (χ1) is 11.6. The van der Waals surface area contributed by atoms with Crippen molar-refractivity contribution in [3.63, 3.8) is 0 Å². The summed E-state index contributed by atoms with van der Waals surface area (Å²) in [7, 11) is 1.45. The van der Waals surface area contributed by atoms with E-state index in [1.54, 1.807) is 11.3 Å². The van der Waals surface area contributed by atoms with Gasteiger partial charge in [-0.2, -0.15) is 0 Å². The number of carbonyl (C=O) groups excluding carboxylic acids is 1. The summed E-state index contributed by atoms with van der Waals surface area (Å²) in [4.78, 5) is 24.2. The maximum absolute atomic E-state index is 11.9. The highest BCUT2D eigenvalue weighted by atomic mass is 127. The standard InChI is InChI=1S/C16H23N5O2S.HI/c1-4-17-15(21-8-11(2)13(10-21)14(22)23-3)18-7-12-9-20-5-6-24-16(20)19-12;/h5-6,9,11,13H,4,7-8,10H2,1-3H3,(H,17,18);1H. The zero-order valence-electron chi connectivity index (χ0n) is 14.6. The Morgan fingerprint density at radius 1 is 1.52 bits per heavy atom. The average Bonchev–Trinajstić information content (AvgIpc) is 3.25. The lowest BCUT2D eigenvalue weighted by molar-refractivity contribution is -0.145. The molecule has 1 saturated heterocycles. The number of aromatic nitrogens is 2. The van der Waals surface area contributed by atoms with E-state index in [1.807, 2.05) is 29.1 Å². The lowest BCUT2D eigenvalue weighted by Gasteiger charge is -2.21. The second-order valence-corrected chi connectivity index (χ2v) is 6.88. The molecule has 0 amide bonds. The molecular formula is C16H24IN5O2S. The molecule has 0 bridgehead atoms. The van der Waals surface area contributed by atoms with Crippen molar-refractivity contribution in [2.24, 2.45) is 16.8 Å². The topological polar surface area (TPSA) is 71.2 Å². The number of ether oxygens (including phenoxy) is 1. The van der Waals surface area contributed by atoms with Crippen molar-refractivity contribution in [1.82, 2.24) is 19.6 Å². The number of aliphatic imine (C=N–C) groups is 1. The molecule has 138 valence electrons. The molecule has 3 rings (SSSR count). The number of likely N-dealkylation sites (tertiary alicyclic amines) is 1. The van der Waals surface area contributed by atoms with E-state index in [-0.39, 0.29) is 41.8 Å². The van der Waals surface area contributed by atoms with E-state index in [0.29, 0.717) is 13.1 Å². The summed E-state index contributed by atoms with van der Waals surface area (Å²) >= 11 is 1.61. The number of halogens is 1. The Labute approximate surface area is 168 Å². The van der Waals surface area contributed by atoms with E-state index in [0.717, 1.165) is 29.7 Å².